The molecule has 2 aliphatic carbocycles. The molecule has 2 fully saturated rings. The largest absolute Gasteiger partial charge is 0.512 e. The van der Waals surface area contributed by atoms with Crippen molar-refractivity contribution in [1.82, 2.24) is 34.6 Å². The van der Waals surface area contributed by atoms with Gasteiger partial charge in [0.1, 0.15) is 5.82 Å². The Bertz CT molecular complexity index is 2100. The zero-order chi connectivity index (χ0) is 44.1. The number of nitrogens with zero attached hydrogens (tertiary/aromatic N) is 6. The van der Waals surface area contributed by atoms with Crippen molar-refractivity contribution >= 4 is 51.7 Å². The van der Waals surface area contributed by atoms with E-state index in [-0.39, 0.29) is 62.7 Å². The Balaban J connectivity index is 0.000000231. The van der Waals surface area contributed by atoms with E-state index in [1.165, 1.54) is 4.90 Å². The first-order chi connectivity index (χ1) is 29.2. The lowest BCUT2D eigenvalue weighted by molar-refractivity contribution is -0.146. The van der Waals surface area contributed by atoms with Crippen molar-refractivity contribution in [2.24, 2.45) is 0 Å². The van der Waals surface area contributed by atoms with Crippen molar-refractivity contribution in [3.8, 4) is 0 Å². The summed E-state index contributed by atoms with van der Waals surface area (Å²) in [5, 5.41) is 58.6. The number of aliphatic hydroxyl groups is 1. The van der Waals surface area contributed by atoms with Crippen LogP contribution in [0.3, 0.4) is 0 Å². The van der Waals surface area contributed by atoms with Crippen LogP contribution < -0.4 is 0 Å². The number of aliphatic carboxylic acids is 5. The maximum atomic E-state index is 11.6. The zero-order valence-electron chi connectivity index (χ0n) is 34.0. The number of aromatic nitrogens is 3. The summed E-state index contributed by atoms with van der Waals surface area (Å²) >= 11 is 0. The summed E-state index contributed by atoms with van der Waals surface area (Å²) in [7, 11) is 0. The summed E-state index contributed by atoms with van der Waals surface area (Å²) in [6.45, 7) is 2.68. The SMILES string of the molecule is C=C(O)CN(CC(=O)O)C1CCCC[C@@H]1N(CC(=O)O)Cc1nc2ccccc2[nH]1.O=C(O)CN(CC(=O)O)C1CCCC[C@@H]1N(CC(=O)O)Cc1cc2ccccc2cn1. The van der Waals surface area contributed by atoms with E-state index in [9.17, 15) is 54.6 Å². The summed E-state index contributed by atoms with van der Waals surface area (Å²) in [5.41, 5.74) is 2.41. The quantitative estimate of drug-likeness (QED) is 0.0617. The Kier molecular flexibility index (Phi) is 16.7. The number of carboxylic acids is 5. The zero-order valence-corrected chi connectivity index (χ0v) is 34.0. The molecule has 0 radical (unpaired) electrons. The van der Waals surface area contributed by atoms with Gasteiger partial charge in [0.2, 0.25) is 0 Å². The predicted molar refractivity (Wildman–Crippen MR) is 224 cm³/mol. The molecule has 7 N–H and O–H groups in total. The highest BCUT2D eigenvalue weighted by Gasteiger charge is 2.38. The summed E-state index contributed by atoms with van der Waals surface area (Å²) in [4.78, 5) is 76.4. The number of carbonyl (C=O) groups is 5. The molecule has 4 atom stereocenters. The molecule has 0 amide bonds. The van der Waals surface area contributed by atoms with Gasteiger partial charge in [-0.05, 0) is 49.3 Å². The number of imidazole rings is 1. The van der Waals surface area contributed by atoms with E-state index < -0.39 is 42.9 Å². The van der Waals surface area contributed by atoms with Crippen LogP contribution in [0.1, 0.15) is 62.9 Å². The molecule has 0 aliphatic heterocycles. The van der Waals surface area contributed by atoms with E-state index >= 15 is 0 Å². The van der Waals surface area contributed by atoms with Crippen molar-refractivity contribution in [3.63, 3.8) is 0 Å². The number of aliphatic hydroxyl groups excluding tert-OH is 1. The maximum absolute atomic E-state index is 11.6. The van der Waals surface area contributed by atoms with E-state index in [0.29, 0.717) is 30.9 Å². The minimum absolute atomic E-state index is 0.0407. The van der Waals surface area contributed by atoms with Crippen molar-refractivity contribution in [2.45, 2.75) is 88.6 Å². The number of fused-ring (bicyclic) bond motifs is 2. The number of hydrogen-bond acceptors (Lipinski definition) is 12. The Labute approximate surface area is 352 Å². The smallest absolute Gasteiger partial charge is 0.317 e. The van der Waals surface area contributed by atoms with Crippen LogP contribution in [0, 0.1) is 0 Å². The average Bonchev–Trinajstić information content (AvgIpc) is 3.62. The van der Waals surface area contributed by atoms with Gasteiger partial charge in [0.25, 0.3) is 0 Å². The van der Waals surface area contributed by atoms with Crippen LogP contribution in [-0.2, 0) is 37.1 Å². The highest BCUT2D eigenvalue weighted by atomic mass is 16.4. The molecule has 2 heterocycles. The number of para-hydroxylation sites is 2. The highest BCUT2D eigenvalue weighted by molar-refractivity contribution is 5.82. The van der Waals surface area contributed by atoms with Crippen LogP contribution in [0.2, 0.25) is 0 Å². The van der Waals surface area contributed by atoms with Crippen molar-refractivity contribution in [1.29, 1.82) is 0 Å². The van der Waals surface area contributed by atoms with Gasteiger partial charge in [0.05, 0.1) is 68.3 Å². The maximum Gasteiger partial charge on any atom is 0.317 e. The number of H-pyrrole nitrogens is 1. The van der Waals surface area contributed by atoms with Crippen LogP contribution in [0.4, 0.5) is 0 Å². The molecule has 2 aliphatic rings. The van der Waals surface area contributed by atoms with Crippen LogP contribution in [0.25, 0.3) is 21.8 Å². The molecule has 18 heteroatoms. The van der Waals surface area contributed by atoms with E-state index in [1.54, 1.807) is 16.0 Å². The first kappa shape index (κ1) is 46.1. The lowest BCUT2D eigenvalue weighted by atomic mass is 9.87. The summed E-state index contributed by atoms with van der Waals surface area (Å²) in [6, 6.07) is 16.3. The van der Waals surface area contributed by atoms with E-state index in [0.717, 1.165) is 60.3 Å². The van der Waals surface area contributed by atoms with Gasteiger partial charge in [-0.1, -0.05) is 68.7 Å². The molecular weight excluding hydrogens is 791 g/mol. The van der Waals surface area contributed by atoms with Gasteiger partial charge in [-0.2, -0.15) is 0 Å². The third-order valence-electron chi connectivity index (χ3n) is 11.2. The van der Waals surface area contributed by atoms with Gasteiger partial charge < -0.3 is 35.6 Å². The Hall–Kier alpha value is -5.95. The molecule has 4 aromatic rings. The van der Waals surface area contributed by atoms with Gasteiger partial charge >= 0.3 is 29.8 Å². The monoisotopic (exact) mass is 845 g/mol. The van der Waals surface area contributed by atoms with E-state index in [2.05, 4.69) is 21.5 Å². The fourth-order valence-electron chi connectivity index (χ4n) is 8.85. The third-order valence-corrected chi connectivity index (χ3v) is 11.2. The lowest BCUT2D eigenvalue weighted by Crippen LogP contribution is -2.56. The van der Waals surface area contributed by atoms with Crippen LogP contribution in [-0.4, -0.2) is 158 Å². The Morgan fingerprint density at radius 1 is 0.574 bits per heavy atom. The van der Waals surface area contributed by atoms with Crippen LogP contribution >= 0.6 is 0 Å². The molecule has 0 spiro atoms. The predicted octanol–water partition coefficient (Wildman–Crippen LogP) is 4.12. The normalized spacial score (nSPS) is 19.2. The van der Waals surface area contributed by atoms with Crippen LogP contribution in [0.5, 0.6) is 0 Å². The second kappa shape index (κ2) is 22.1. The molecule has 328 valence electrons. The van der Waals surface area contributed by atoms with E-state index in [1.807, 2.05) is 59.5 Å². The number of rotatable bonds is 20. The number of hydrogen-bond donors (Lipinski definition) is 7. The molecule has 2 aromatic carbocycles. The number of nitrogens with one attached hydrogen (secondary N) is 1. The molecule has 2 aromatic heterocycles. The molecule has 0 saturated heterocycles. The van der Waals surface area contributed by atoms with Gasteiger partial charge in [0, 0.05) is 42.3 Å². The summed E-state index contributed by atoms with van der Waals surface area (Å²) in [6.07, 6.45) is 8.06. The number of carboxylic acid groups (broad SMARTS) is 5. The molecular formula is C43H55N7O11. The number of pyridine rings is 1. The third kappa shape index (κ3) is 13.8. The average molecular weight is 846 g/mol. The second-order valence-electron chi connectivity index (χ2n) is 15.7. The second-order valence-corrected chi connectivity index (χ2v) is 15.7. The minimum atomic E-state index is -1.11. The van der Waals surface area contributed by atoms with Crippen molar-refractivity contribution in [3.05, 3.63) is 84.7 Å². The molecule has 2 unspecified atom stereocenters. The molecule has 2 saturated carbocycles. The fraction of sp³-hybridized carbons (Fsp3) is 0.465. The standard InChI is InChI=1S/C22H27N3O6.C21H28N4O5/c26-20(27)12-24(11-17-9-15-5-1-2-6-16(15)10-23-17)18-7-3-4-8-19(18)25(13-21(28)29)14-22(30)31;1-14(26)10-24(12-20(27)28)17-8-4-5-9-18(17)25(13-21(29)30)11-19-22-15-6-2-3-7-16(15)23-19/h1-2,5-6,9-10,18-19H,3-4,7-8,11-14H2,(H,26,27)(H,28,29)(H,30,31);2-3,6-7,17-18,26H,1,4-5,8-13H2,(H,22,23)(H,27,28)(H,29,30)/t18-,19?;17?,18-/m00/s1. The number of aromatic amines is 1. The van der Waals surface area contributed by atoms with Gasteiger partial charge in [-0.15, -0.1) is 0 Å². The minimum Gasteiger partial charge on any atom is -0.512 e. The van der Waals surface area contributed by atoms with Gasteiger partial charge in [-0.3, -0.25) is 48.6 Å². The van der Waals surface area contributed by atoms with Gasteiger partial charge in [0.15, 0.2) is 0 Å². The lowest BCUT2D eigenvalue weighted by Gasteiger charge is -2.44. The van der Waals surface area contributed by atoms with E-state index in [4.69, 9.17) is 0 Å². The van der Waals surface area contributed by atoms with Gasteiger partial charge in [-0.25, -0.2) is 4.98 Å². The fourth-order valence-corrected chi connectivity index (χ4v) is 8.85. The topological polar surface area (TPSA) is 261 Å². The molecule has 0 bridgehead atoms. The highest BCUT2D eigenvalue weighted by Crippen LogP contribution is 2.30. The molecule has 61 heavy (non-hydrogen) atoms. The Morgan fingerprint density at radius 2 is 1.00 bits per heavy atom. The molecule has 18 nitrogen and oxygen atoms in total. The number of benzene rings is 2. The van der Waals surface area contributed by atoms with Crippen molar-refractivity contribution in [2.75, 3.05) is 39.3 Å². The first-order valence-electron chi connectivity index (χ1n) is 20.4. The molecule has 6 rings (SSSR count). The summed E-state index contributed by atoms with van der Waals surface area (Å²) in [5.74, 6) is -4.60. The van der Waals surface area contributed by atoms with Crippen LogP contribution in [0.15, 0.2) is 73.1 Å². The van der Waals surface area contributed by atoms with Crippen molar-refractivity contribution < 1.29 is 54.6 Å². The Morgan fingerprint density at radius 3 is 1.49 bits per heavy atom. The summed E-state index contributed by atoms with van der Waals surface area (Å²) < 4.78 is 0. The first-order valence-corrected chi connectivity index (χ1v) is 20.4.